The molecular formula is C51H91NO11P+. The minimum atomic E-state index is -4.45. The summed E-state index contributed by atoms with van der Waals surface area (Å²) in [4.78, 5) is 35.7. The molecule has 4 N–H and O–H groups in total. The van der Waals surface area contributed by atoms with Gasteiger partial charge in [0, 0.05) is 25.2 Å². The second kappa shape index (κ2) is 37.7. The Hall–Kier alpha value is -2.41. The Balaban J connectivity index is 2.45. The molecule has 0 aromatic carbocycles. The number of unbranched alkanes of at least 4 members (excludes halogenated alkanes) is 13. The molecule has 0 heterocycles. The first-order chi connectivity index (χ1) is 30.7. The largest absolute Gasteiger partial charge is 0.472 e. The highest BCUT2D eigenvalue weighted by molar-refractivity contribution is 7.47. The fourth-order valence-electron chi connectivity index (χ4n) is 7.37. The first kappa shape index (κ1) is 59.6. The topological polar surface area (TPSA) is 169 Å². The SMILES string of the molecule is CCCCCC/C=C\C/C=C\C/C=C\CCCCCCCCC(=O)O[C@H](COC(=O)CCC/C=C/C[C@@H]1[C@@H](/C=C/[C@@H](O)CCCCC)[C@H](O)C[C@@H]1O)COP(=O)(O)OCC[N+](C)(C)C. The zero-order chi connectivity index (χ0) is 47.3. The summed E-state index contributed by atoms with van der Waals surface area (Å²) in [6.45, 7) is 4.01. The van der Waals surface area contributed by atoms with Gasteiger partial charge in [0.15, 0.2) is 6.10 Å². The van der Waals surface area contributed by atoms with Crippen molar-refractivity contribution < 1.29 is 57.4 Å². The normalized spacial score (nSPS) is 20.3. The van der Waals surface area contributed by atoms with Gasteiger partial charge in [0.05, 0.1) is 46.1 Å². The number of esters is 2. The summed E-state index contributed by atoms with van der Waals surface area (Å²) in [6.07, 6.45) is 39.3. The Kier molecular flexibility index (Phi) is 35.1. The molecule has 0 amide bonds. The molecule has 7 atom stereocenters. The third-order valence-corrected chi connectivity index (χ3v) is 12.3. The first-order valence-electron chi connectivity index (χ1n) is 24.8. The number of hydrogen-bond donors (Lipinski definition) is 4. The van der Waals surface area contributed by atoms with Crippen LogP contribution in [0.1, 0.15) is 168 Å². The summed E-state index contributed by atoms with van der Waals surface area (Å²) in [5, 5.41) is 31.4. The van der Waals surface area contributed by atoms with Crippen LogP contribution in [0.25, 0.3) is 0 Å². The van der Waals surface area contributed by atoms with Crippen molar-refractivity contribution in [1.82, 2.24) is 0 Å². The standard InChI is InChI=1S/C51H90NO11P/c1-6-8-10-11-12-13-14-15-16-17-18-19-20-21-22-23-24-25-26-32-36-51(57)63-45(43-62-64(58,59)61-40-39-52(3,4)5)42-60-50(56)35-31-28-27-30-34-46-47(49(55)41-48(46)54)38-37-44(53)33-29-9-7-2/h13-14,16-17,19-20,27,30,37-38,44-49,53-55H,6-12,15,18,21-26,28-29,31-36,39-43H2,1-5H3/p+1/b14-13-,17-16-,20-19-,30-27+,38-37+/t44-,45+,46+,47+,48-,49+/m0/s1. The second-order valence-electron chi connectivity index (χ2n) is 18.5. The van der Waals surface area contributed by atoms with E-state index in [1.54, 1.807) is 6.08 Å². The Morgan fingerprint density at radius 3 is 1.91 bits per heavy atom. The van der Waals surface area contributed by atoms with Gasteiger partial charge >= 0.3 is 19.8 Å². The molecule has 1 saturated carbocycles. The predicted octanol–water partition coefficient (Wildman–Crippen LogP) is 10.8. The van der Waals surface area contributed by atoms with Crippen molar-refractivity contribution in [1.29, 1.82) is 0 Å². The molecule has 1 rings (SSSR count). The molecule has 1 aliphatic carbocycles. The lowest BCUT2D eigenvalue weighted by Gasteiger charge is -2.24. The van der Waals surface area contributed by atoms with Gasteiger partial charge in [-0.2, -0.15) is 0 Å². The van der Waals surface area contributed by atoms with Gasteiger partial charge in [0.1, 0.15) is 19.8 Å². The summed E-state index contributed by atoms with van der Waals surface area (Å²) in [5.41, 5.74) is 0. The van der Waals surface area contributed by atoms with E-state index in [2.05, 4.69) is 50.3 Å². The van der Waals surface area contributed by atoms with Crippen molar-refractivity contribution in [3.8, 4) is 0 Å². The molecule has 13 heteroatoms. The molecule has 1 fully saturated rings. The van der Waals surface area contributed by atoms with Crippen molar-refractivity contribution in [2.75, 3.05) is 47.5 Å². The van der Waals surface area contributed by atoms with Gasteiger partial charge in [-0.15, -0.1) is 0 Å². The number of phosphoric ester groups is 1. The zero-order valence-electron chi connectivity index (χ0n) is 40.6. The molecule has 0 aromatic rings. The number of nitrogens with zero attached hydrogens (tertiary/aromatic N) is 1. The van der Waals surface area contributed by atoms with Gasteiger partial charge in [0.2, 0.25) is 0 Å². The van der Waals surface area contributed by atoms with E-state index in [0.29, 0.717) is 49.6 Å². The Morgan fingerprint density at radius 2 is 1.25 bits per heavy atom. The van der Waals surface area contributed by atoms with Gasteiger partial charge in [-0.1, -0.05) is 139 Å². The highest BCUT2D eigenvalue weighted by Gasteiger charge is 2.39. The van der Waals surface area contributed by atoms with Crippen molar-refractivity contribution >= 4 is 19.8 Å². The number of quaternary nitrogens is 1. The lowest BCUT2D eigenvalue weighted by atomic mass is 9.89. The Labute approximate surface area is 388 Å². The smallest absolute Gasteiger partial charge is 0.462 e. The number of ether oxygens (including phenoxy) is 2. The molecule has 1 aliphatic rings. The first-order valence-corrected chi connectivity index (χ1v) is 26.3. The number of allylic oxidation sites excluding steroid dienone is 8. The van der Waals surface area contributed by atoms with Gasteiger partial charge in [-0.3, -0.25) is 18.6 Å². The molecule has 64 heavy (non-hydrogen) atoms. The van der Waals surface area contributed by atoms with Gasteiger partial charge in [-0.05, 0) is 76.5 Å². The molecule has 0 bridgehead atoms. The highest BCUT2D eigenvalue weighted by Crippen LogP contribution is 2.43. The molecule has 0 aromatic heterocycles. The van der Waals surface area contributed by atoms with Crippen LogP contribution in [0.15, 0.2) is 60.8 Å². The quantitative estimate of drug-likeness (QED) is 0.0152. The number of likely N-dealkylation sites (N-methyl/N-ethyl adjacent to an activating group) is 1. The van der Waals surface area contributed by atoms with E-state index in [0.717, 1.165) is 70.6 Å². The van der Waals surface area contributed by atoms with Crippen LogP contribution in [0.5, 0.6) is 0 Å². The molecule has 370 valence electrons. The predicted molar refractivity (Wildman–Crippen MR) is 258 cm³/mol. The third kappa shape index (κ3) is 34.0. The van der Waals surface area contributed by atoms with E-state index in [-0.39, 0.29) is 37.9 Å². The minimum Gasteiger partial charge on any atom is -0.462 e. The van der Waals surface area contributed by atoms with Crippen LogP contribution in [-0.2, 0) is 32.7 Å². The van der Waals surface area contributed by atoms with E-state index in [1.165, 1.54) is 32.1 Å². The maximum absolute atomic E-state index is 12.8. The molecule has 0 saturated heterocycles. The van der Waals surface area contributed by atoms with Crippen LogP contribution in [0.3, 0.4) is 0 Å². The number of rotatable bonds is 40. The number of aliphatic hydroxyl groups excluding tert-OH is 3. The maximum Gasteiger partial charge on any atom is 0.472 e. The van der Waals surface area contributed by atoms with Crippen LogP contribution in [0.4, 0.5) is 0 Å². The molecule has 12 nitrogen and oxygen atoms in total. The van der Waals surface area contributed by atoms with E-state index in [4.69, 9.17) is 18.5 Å². The van der Waals surface area contributed by atoms with E-state index in [9.17, 15) is 34.4 Å². The Bertz CT molecular complexity index is 1390. The fourth-order valence-corrected chi connectivity index (χ4v) is 8.11. The van der Waals surface area contributed by atoms with Gasteiger partial charge < -0.3 is 34.2 Å². The molecule has 1 unspecified atom stereocenters. The number of phosphoric acid groups is 1. The molecule has 0 spiro atoms. The number of aliphatic hydroxyl groups is 3. The van der Waals surface area contributed by atoms with Crippen molar-refractivity contribution in [3.63, 3.8) is 0 Å². The average Bonchev–Trinajstić information content (AvgIpc) is 3.51. The van der Waals surface area contributed by atoms with Gasteiger partial charge in [-0.25, -0.2) is 4.57 Å². The van der Waals surface area contributed by atoms with Crippen LogP contribution >= 0.6 is 7.82 Å². The monoisotopic (exact) mass is 925 g/mol. The van der Waals surface area contributed by atoms with Crippen LogP contribution in [0, 0.1) is 11.8 Å². The Morgan fingerprint density at radius 1 is 0.688 bits per heavy atom. The average molecular weight is 925 g/mol. The van der Waals surface area contributed by atoms with Crippen molar-refractivity contribution in [2.24, 2.45) is 11.8 Å². The molecular weight excluding hydrogens is 834 g/mol. The molecule has 0 aliphatic heterocycles. The fraction of sp³-hybridized carbons (Fsp3) is 0.765. The zero-order valence-corrected chi connectivity index (χ0v) is 41.5. The molecule has 0 radical (unpaired) electrons. The third-order valence-electron chi connectivity index (χ3n) is 11.3. The lowest BCUT2D eigenvalue weighted by Crippen LogP contribution is -2.37. The summed E-state index contributed by atoms with van der Waals surface area (Å²) in [6, 6.07) is 0. The maximum atomic E-state index is 12.8. The number of hydrogen-bond acceptors (Lipinski definition) is 10. The van der Waals surface area contributed by atoms with Gasteiger partial charge in [0.25, 0.3) is 0 Å². The number of carbonyl (C=O) groups excluding carboxylic acids is 2. The van der Waals surface area contributed by atoms with E-state index >= 15 is 0 Å². The van der Waals surface area contributed by atoms with Crippen molar-refractivity contribution in [2.45, 2.75) is 192 Å². The summed E-state index contributed by atoms with van der Waals surface area (Å²) < 4.78 is 34.3. The van der Waals surface area contributed by atoms with Crippen molar-refractivity contribution in [3.05, 3.63) is 60.8 Å². The summed E-state index contributed by atoms with van der Waals surface area (Å²) in [5.74, 6) is -1.41. The summed E-state index contributed by atoms with van der Waals surface area (Å²) >= 11 is 0. The van der Waals surface area contributed by atoms with E-state index < -0.39 is 50.8 Å². The second-order valence-corrected chi connectivity index (χ2v) is 19.9. The highest BCUT2D eigenvalue weighted by atomic mass is 31.2. The van der Waals surface area contributed by atoms with Crippen LogP contribution < -0.4 is 0 Å². The lowest BCUT2D eigenvalue weighted by molar-refractivity contribution is -0.870. The minimum absolute atomic E-state index is 0.0127. The van der Waals surface area contributed by atoms with E-state index in [1.807, 2.05) is 39.4 Å². The summed E-state index contributed by atoms with van der Waals surface area (Å²) in [7, 11) is 1.33. The van der Waals surface area contributed by atoms with Crippen LogP contribution in [-0.4, -0.2) is 109 Å². The van der Waals surface area contributed by atoms with Crippen LogP contribution in [0.2, 0.25) is 0 Å². The number of carbonyl (C=O) groups is 2.